The molecule has 0 spiro atoms. The highest BCUT2D eigenvalue weighted by atomic mass is 16.5. The highest BCUT2D eigenvalue weighted by molar-refractivity contribution is 5.82. The number of benzene rings is 2. The van der Waals surface area contributed by atoms with E-state index in [1.165, 1.54) is 0 Å². The molecular formula is C21H26N2O5. The van der Waals surface area contributed by atoms with Crippen LogP contribution in [0.3, 0.4) is 0 Å². The van der Waals surface area contributed by atoms with E-state index in [0.717, 1.165) is 16.7 Å². The van der Waals surface area contributed by atoms with Crippen molar-refractivity contribution in [3.05, 3.63) is 53.1 Å². The van der Waals surface area contributed by atoms with Crippen molar-refractivity contribution in [1.82, 2.24) is 10.9 Å². The van der Waals surface area contributed by atoms with Gasteiger partial charge < -0.3 is 14.2 Å². The van der Waals surface area contributed by atoms with Crippen molar-refractivity contribution in [1.29, 1.82) is 0 Å². The van der Waals surface area contributed by atoms with E-state index in [0.29, 0.717) is 23.7 Å². The molecule has 2 aromatic rings. The van der Waals surface area contributed by atoms with E-state index in [4.69, 9.17) is 14.2 Å². The van der Waals surface area contributed by atoms with E-state index in [1.807, 2.05) is 44.2 Å². The molecule has 0 aliphatic rings. The molecule has 0 aliphatic heterocycles. The largest absolute Gasteiger partial charge is 0.493 e. The van der Waals surface area contributed by atoms with E-state index >= 15 is 0 Å². The lowest BCUT2D eigenvalue weighted by molar-refractivity contribution is -0.130. The molecule has 0 heterocycles. The first-order valence-electron chi connectivity index (χ1n) is 8.92. The van der Waals surface area contributed by atoms with Crippen LogP contribution in [0.1, 0.15) is 23.1 Å². The Labute approximate surface area is 165 Å². The van der Waals surface area contributed by atoms with Gasteiger partial charge in [0.1, 0.15) is 5.75 Å². The lowest BCUT2D eigenvalue weighted by Crippen LogP contribution is -2.43. The fourth-order valence-corrected chi connectivity index (χ4v) is 2.70. The fraction of sp³-hybridized carbons (Fsp3) is 0.333. The van der Waals surface area contributed by atoms with Crippen LogP contribution in [0.5, 0.6) is 17.2 Å². The molecule has 150 valence electrons. The fourth-order valence-electron chi connectivity index (χ4n) is 2.70. The summed E-state index contributed by atoms with van der Waals surface area (Å²) in [5.41, 5.74) is 7.59. The van der Waals surface area contributed by atoms with Crippen LogP contribution < -0.4 is 25.1 Å². The van der Waals surface area contributed by atoms with Crippen LogP contribution in [-0.2, 0) is 16.0 Å². The summed E-state index contributed by atoms with van der Waals surface area (Å²) in [6, 6.07) is 11.2. The molecule has 0 bridgehead atoms. The van der Waals surface area contributed by atoms with Gasteiger partial charge in [0, 0.05) is 6.42 Å². The number of amides is 2. The van der Waals surface area contributed by atoms with Crippen LogP contribution in [0.15, 0.2) is 36.4 Å². The number of hydrazine groups is 1. The molecular weight excluding hydrogens is 360 g/mol. The second-order valence-electron chi connectivity index (χ2n) is 6.30. The van der Waals surface area contributed by atoms with Crippen LogP contribution >= 0.6 is 0 Å². The quantitative estimate of drug-likeness (QED) is 0.681. The first-order chi connectivity index (χ1) is 13.4. The van der Waals surface area contributed by atoms with Crippen LogP contribution in [0.4, 0.5) is 0 Å². The predicted molar refractivity (Wildman–Crippen MR) is 106 cm³/mol. The second-order valence-corrected chi connectivity index (χ2v) is 6.30. The third-order valence-corrected chi connectivity index (χ3v) is 4.19. The third-order valence-electron chi connectivity index (χ3n) is 4.19. The number of nitrogens with one attached hydrogen (secondary N) is 2. The average Bonchev–Trinajstić information content (AvgIpc) is 2.70. The standard InChI is InChI=1S/C21H26N2O5/c1-14-6-5-7-15(2)21(14)28-13-20(25)23-22-19(24)11-9-16-8-10-17(26-3)18(12-16)27-4/h5-8,10,12H,9,11,13H2,1-4H3,(H,22,24)(H,23,25). The number of hydrogen-bond donors (Lipinski definition) is 2. The van der Waals surface area contributed by atoms with Gasteiger partial charge in [-0.2, -0.15) is 0 Å². The van der Waals surface area contributed by atoms with Crippen LogP contribution in [0, 0.1) is 13.8 Å². The number of para-hydroxylation sites is 1. The van der Waals surface area contributed by atoms with E-state index in [9.17, 15) is 9.59 Å². The summed E-state index contributed by atoms with van der Waals surface area (Å²) in [5, 5.41) is 0. The van der Waals surface area contributed by atoms with Crippen LogP contribution in [0.25, 0.3) is 0 Å². The van der Waals surface area contributed by atoms with Gasteiger partial charge >= 0.3 is 0 Å². The van der Waals surface area contributed by atoms with Crippen molar-refractivity contribution in [2.75, 3.05) is 20.8 Å². The Morgan fingerprint density at radius 1 is 0.893 bits per heavy atom. The zero-order chi connectivity index (χ0) is 20.5. The van der Waals surface area contributed by atoms with Gasteiger partial charge in [-0.15, -0.1) is 0 Å². The van der Waals surface area contributed by atoms with Gasteiger partial charge in [-0.05, 0) is 49.1 Å². The Kier molecular flexibility index (Phi) is 7.68. The van der Waals surface area contributed by atoms with E-state index in [2.05, 4.69) is 10.9 Å². The van der Waals surface area contributed by atoms with Gasteiger partial charge in [-0.25, -0.2) is 0 Å². The molecule has 2 N–H and O–H groups in total. The third kappa shape index (κ3) is 5.90. The maximum atomic E-state index is 12.0. The number of methoxy groups -OCH3 is 2. The minimum atomic E-state index is -0.429. The molecule has 2 aromatic carbocycles. The Hall–Kier alpha value is -3.22. The molecule has 0 aromatic heterocycles. The topological polar surface area (TPSA) is 85.9 Å². The molecule has 0 atom stereocenters. The van der Waals surface area contributed by atoms with E-state index in [-0.39, 0.29) is 18.9 Å². The maximum Gasteiger partial charge on any atom is 0.276 e. The van der Waals surface area contributed by atoms with Crippen molar-refractivity contribution in [3.8, 4) is 17.2 Å². The van der Waals surface area contributed by atoms with Crippen molar-refractivity contribution < 1.29 is 23.8 Å². The molecule has 0 fully saturated rings. The molecule has 0 saturated carbocycles. The molecule has 2 rings (SSSR count). The Bertz CT molecular complexity index is 815. The van der Waals surface area contributed by atoms with Gasteiger partial charge in [0.15, 0.2) is 18.1 Å². The molecule has 0 radical (unpaired) electrons. The van der Waals surface area contributed by atoms with Gasteiger partial charge in [0.2, 0.25) is 5.91 Å². The lowest BCUT2D eigenvalue weighted by atomic mass is 10.1. The minimum Gasteiger partial charge on any atom is -0.493 e. The highest BCUT2D eigenvalue weighted by Gasteiger charge is 2.10. The molecule has 0 saturated heterocycles. The number of carbonyl (C=O) groups excluding carboxylic acids is 2. The second kappa shape index (κ2) is 10.2. The van der Waals surface area contributed by atoms with E-state index in [1.54, 1.807) is 20.3 Å². The minimum absolute atomic E-state index is 0.179. The summed E-state index contributed by atoms with van der Waals surface area (Å²) in [7, 11) is 3.13. The predicted octanol–water partition coefficient (Wildman–Crippen LogP) is 2.48. The van der Waals surface area contributed by atoms with Crippen molar-refractivity contribution >= 4 is 11.8 Å². The van der Waals surface area contributed by atoms with Crippen LogP contribution in [0.2, 0.25) is 0 Å². The smallest absolute Gasteiger partial charge is 0.276 e. The normalized spacial score (nSPS) is 10.1. The first-order valence-corrected chi connectivity index (χ1v) is 8.92. The van der Waals surface area contributed by atoms with Gasteiger partial charge in [0.05, 0.1) is 14.2 Å². The average molecular weight is 386 g/mol. The summed E-state index contributed by atoms with van der Waals surface area (Å²) in [6.45, 7) is 3.65. The number of rotatable bonds is 8. The SMILES string of the molecule is COc1ccc(CCC(=O)NNC(=O)COc2c(C)cccc2C)cc1OC. The summed E-state index contributed by atoms with van der Waals surface area (Å²) in [6.07, 6.45) is 0.717. The molecule has 7 heteroatoms. The molecule has 0 aliphatic carbocycles. The zero-order valence-corrected chi connectivity index (χ0v) is 16.6. The summed E-state index contributed by atoms with van der Waals surface area (Å²) in [5.74, 6) is 1.19. The zero-order valence-electron chi connectivity index (χ0n) is 16.6. The monoisotopic (exact) mass is 386 g/mol. The van der Waals surface area contributed by atoms with Crippen molar-refractivity contribution in [2.24, 2.45) is 0 Å². The maximum absolute atomic E-state index is 12.0. The number of ether oxygens (including phenoxy) is 3. The van der Waals surface area contributed by atoms with Gasteiger partial charge in [-0.1, -0.05) is 24.3 Å². The van der Waals surface area contributed by atoms with Gasteiger partial charge in [-0.3, -0.25) is 20.4 Å². The Balaban J connectivity index is 1.75. The summed E-state index contributed by atoms with van der Waals surface area (Å²) in [4.78, 5) is 23.8. The van der Waals surface area contributed by atoms with Gasteiger partial charge in [0.25, 0.3) is 5.91 Å². The number of hydrogen-bond acceptors (Lipinski definition) is 5. The summed E-state index contributed by atoms with van der Waals surface area (Å²) < 4.78 is 16.0. The molecule has 7 nitrogen and oxygen atoms in total. The summed E-state index contributed by atoms with van der Waals surface area (Å²) >= 11 is 0. The highest BCUT2D eigenvalue weighted by Crippen LogP contribution is 2.28. The first kappa shape index (κ1) is 21.1. The molecule has 28 heavy (non-hydrogen) atoms. The Morgan fingerprint density at radius 3 is 2.18 bits per heavy atom. The number of aryl methyl sites for hydroxylation is 3. The van der Waals surface area contributed by atoms with E-state index < -0.39 is 5.91 Å². The van der Waals surface area contributed by atoms with Crippen molar-refractivity contribution in [3.63, 3.8) is 0 Å². The lowest BCUT2D eigenvalue weighted by Gasteiger charge is -2.12. The Morgan fingerprint density at radius 2 is 1.54 bits per heavy atom. The molecule has 2 amide bonds. The van der Waals surface area contributed by atoms with Crippen LogP contribution in [-0.4, -0.2) is 32.6 Å². The molecule has 0 unspecified atom stereocenters. The van der Waals surface area contributed by atoms with Crippen molar-refractivity contribution in [2.45, 2.75) is 26.7 Å². The number of carbonyl (C=O) groups is 2.